The van der Waals surface area contributed by atoms with Crippen LogP contribution in [-0.4, -0.2) is 32.8 Å². The molecule has 0 aliphatic carbocycles. The van der Waals surface area contributed by atoms with E-state index in [9.17, 15) is 19.5 Å². The van der Waals surface area contributed by atoms with E-state index < -0.39 is 30.0 Å². The molecule has 0 saturated carbocycles. The van der Waals surface area contributed by atoms with E-state index in [0.29, 0.717) is 11.5 Å². The number of benzene rings is 1. The molecule has 1 aromatic carbocycles. The first-order valence-corrected chi connectivity index (χ1v) is 8.21. The molecular weight excluding hydrogens is 350 g/mol. The Kier molecular flexibility index (Phi) is 5.46. The van der Waals surface area contributed by atoms with E-state index in [1.165, 1.54) is 18.4 Å². The van der Waals surface area contributed by atoms with Crippen LogP contribution >= 0.6 is 0 Å². The number of carboxylic acid groups (broad SMARTS) is 1. The van der Waals surface area contributed by atoms with E-state index in [0.717, 1.165) is 10.2 Å². The third-order valence-corrected chi connectivity index (χ3v) is 3.85. The van der Waals surface area contributed by atoms with Crippen LogP contribution < -0.4 is 10.9 Å². The van der Waals surface area contributed by atoms with E-state index in [1.54, 1.807) is 36.4 Å². The number of carbonyl (C=O) groups is 2. The Labute approximate surface area is 154 Å². The van der Waals surface area contributed by atoms with E-state index in [-0.39, 0.29) is 6.42 Å². The van der Waals surface area contributed by atoms with E-state index in [2.05, 4.69) is 10.4 Å². The Hall–Kier alpha value is -3.68. The molecule has 8 heteroatoms. The number of furan rings is 1. The molecular formula is C19H17N3O5. The number of nitrogens with zero attached hydrogens (tertiary/aromatic N) is 2. The number of carbonyl (C=O) groups excluding carboxylic acids is 1. The van der Waals surface area contributed by atoms with Crippen molar-refractivity contribution in [3.63, 3.8) is 0 Å². The molecule has 0 saturated heterocycles. The average molecular weight is 367 g/mol. The summed E-state index contributed by atoms with van der Waals surface area (Å²) in [4.78, 5) is 35.7. The molecule has 2 N–H and O–H groups in total. The maximum atomic E-state index is 12.3. The van der Waals surface area contributed by atoms with Gasteiger partial charge in [-0.05, 0) is 23.8 Å². The standard InChI is InChI=1S/C19H17N3O5/c23-17(20-15(19(25)26)11-13-5-2-1-3-6-13)12-22-18(24)9-8-14(21-22)16-7-4-10-27-16/h1-10,15H,11-12H2,(H,20,23)(H,25,26)/t15-/m0/s1. The second kappa shape index (κ2) is 8.13. The van der Waals surface area contributed by atoms with Crippen molar-refractivity contribution in [2.45, 2.75) is 19.0 Å². The van der Waals surface area contributed by atoms with Gasteiger partial charge in [0.05, 0.1) is 6.26 Å². The quantitative estimate of drug-likeness (QED) is 0.651. The Morgan fingerprint density at radius 1 is 1.11 bits per heavy atom. The lowest BCUT2D eigenvalue weighted by atomic mass is 10.1. The Bertz CT molecular complexity index is 980. The van der Waals surface area contributed by atoms with Crippen LogP contribution in [0.1, 0.15) is 5.56 Å². The average Bonchev–Trinajstić information content (AvgIpc) is 3.18. The summed E-state index contributed by atoms with van der Waals surface area (Å²) in [5, 5.41) is 15.9. The van der Waals surface area contributed by atoms with Crippen molar-refractivity contribution >= 4 is 11.9 Å². The number of aliphatic carboxylic acids is 1. The predicted octanol–water partition coefficient (Wildman–Crippen LogP) is 1.32. The van der Waals surface area contributed by atoms with Gasteiger partial charge in [-0.2, -0.15) is 5.10 Å². The van der Waals surface area contributed by atoms with Crippen molar-refractivity contribution in [3.05, 3.63) is 76.8 Å². The van der Waals surface area contributed by atoms with Gasteiger partial charge in [-0.15, -0.1) is 0 Å². The van der Waals surface area contributed by atoms with E-state index in [1.807, 2.05) is 6.07 Å². The smallest absolute Gasteiger partial charge is 0.326 e. The third kappa shape index (κ3) is 4.69. The molecule has 27 heavy (non-hydrogen) atoms. The van der Waals surface area contributed by atoms with Gasteiger partial charge in [0.2, 0.25) is 5.91 Å². The predicted molar refractivity (Wildman–Crippen MR) is 95.9 cm³/mol. The molecule has 1 amide bonds. The molecule has 138 valence electrons. The monoisotopic (exact) mass is 367 g/mol. The highest BCUT2D eigenvalue weighted by atomic mass is 16.4. The third-order valence-electron chi connectivity index (χ3n) is 3.85. The van der Waals surface area contributed by atoms with Gasteiger partial charge >= 0.3 is 5.97 Å². The van der Waals surface area contributed by atoms with Gasteiger partial charge in [-0.25, -0.2) is 9.48 Å². The molecule has 2 aromatic heterocycles. The second-order valence-corrected chi connectivity index (χ2v) is 5.84. The number of nitrogens with one attached hydrogen (secondary N) is 1. The number of rotatable bonds is 7. The van der Waals surface area contributed by atoms with Crippen LogP contribution in [0.4, 0.5) is 0 Å². The van der Waals surface area contributed by atoms with E-state index >= 15 is 0 Å². The molecule has 3 rings (SSSR count). The number of hydrogen-bond donors (Lipinski definition) is 2. The Balaban J connectivity index is 1.71. The fourth-order valence-corrected chi connectivity index (χ4v) is 2.54. The molecule has 0 bridgehead atoms. The number of hydrogen-bond acceptors (Lipinski definition) is 5. The molecule has 0 unspecified atom stereocenters. The van der Waals surface area contributed by atoms with Crippen LogP contribution in [0.5, 0.6) is 0 Å². The zero-order chi connectivity index (χ0) is 19.2. The maximum Gasteiger partial charge on any atom is 0.326 e. The molecule has 0 aliphatic heterocycles. The summed E-state index contributed by atoms with van der Waals surface area (Å²) in [6, 6.07) is 14.0. The molecule has 2 heterocycles. The van der Waals surface area contributed by atoms with Crippen molar-refractivity contribution in [2.75, 3.05) is 0 Å². The van der Waals surface area contributed by atoms with Crippen LogP contribution in [0.25, 0.3) is 11.5 Å². The summed E-state index contributed by atoms with van der Waals surface area (Å²) < 4.78 is 6.19. The van der Waals surface area contributed by atoms with Crippen LogP contribution in [0, 0.1) is 0 Å². The minimum Gasteiger partial charge on any atom is -0.480 e. The molecule has 0 radical (unpaired) electrons. The molecule has 0 spiro atoms. The van der Waals surface area contributed by atoms with Crippen LogP contribution in [0.15, 0.2) is 70.1 Å². The first kappa shape index (κ1) is 18.1. The van der Waals surface area contributed by atoms with Crippen LogP contribution in [0.2, 0.25) is 0 Å². The maximum absolute atomic E-state index is 12.3. The highest BCUT2D eigenvalue weighted by Crippen LogP contribution is 2.15. The minimum atomic E-state index is -1.16. The summed E-state index contributed by atoms with van der Waals surface area (Å²) in [5.41, 5.74) is 0.696. The van der Waals surface area contributed by atoms with Gasteiger partial charge in [-0.3, -0.25) is 9.59 Å². The van der Waals surface area contributed by atoms with Gasteiger partial charge in [0, 0.05) is 12.5 Å². The van der Waals surface area contributed by atoms with Crippen molar-refractivity contribution in [1.29, 1.82) is 0 Å². The lowest BCUT2D eigenvalue weighted by Crippen LogP contribution is -2.44. The van der Waals surface area contributed by atoms with Gasteiger partial charge in [0.25, 0.3) is 5.56 Å². The second-order valence-electron chi connectivity index (χ2n) is 5.84. The first-order chi connectivity index (χ1) is 13.0. The number of aromatic nitrogens is 2. The summed E-state index contributed by atoms with van der Waals surface area (Å²) in [7, 11) is 0. The van der Waals surface area contributed by atoms with E-state index in [4.69, 9.17) is 4.42 Å². The SMILES string of the molecule is O=C(Cn1nc(-c2ccco2)ccc1=O)N[C@@H](Cc1ccccc1)C(=O)O. The normalized spacial score (nSPS) is 11.7. The highest BCUT2D eigenvalue weighted by molar-refractivity contribution is 5.83. The topological polar surface area (TPSA) is 114 Å². The highest BCUT2D eigenvalue weighted by Gasteiger charge is 2.21. The van der Waals surface area contributed by atoms with Gasteiger partial charge in [0.1, 0.15) is 18.3 Å². The lowest BCUT2D eigenvalue weighted by molar-refractivity contribution is -0.141. The number of carboxylic acids is 1. The Morgan fingerprint density at radius 2 is 1.89 bits per heavy atom. The van der Waals surface area contributed by atoms with Gasteiger partial charge < -0.3 is 14.8 Å². The van der Waals surface area contributed by atoms with Gasteiger partial charge in [0.15, 0.2) is 5.76 Å². The minimum absolute atomic E-state index is 0.136. The molecule has 0 aliphatic rings. The van der Waals surface area contributed by atoms with Gasteiger partial charge in [-0.1, -0.05) is 30.3 Å². The molecule has 3 aromatic rings. The summed E-state index contributed by atoms with van der Waals surface area (Å²) in [6.07, 6.45) is 1.61. The summed E-state index contributed by atoms with van der Waals surface area (Å²) >= 11 is 0. The summed E-state index contributed by atoms with van der Waals surface area (Å²) in [5.74, 6) is -1.32. The van der Waals surface area contributed by atoms with Crippen LogP contribution in [0.3, 0.4) is 0 Å². The first-order valence-electron chi connectivity index (χ1n) is 8.21. The summed E-state index contributed by atoms with van der Waals surface area (Å²) in [6.45, 7) is -0.397. The fourth-order valence-electron chi connectivity index (χ4n) is 2.54. The largest absolute Gasteiger partial charge is 0.480 e. The molecule has 8 nitrogen and oxygen atoms in total. The van der Waals surface area contributed by atoms with Crippen molar-refractivity contribution in [1.82, 2.24) is 15.1 Å². The molecule has 0 fully saturated rings. The van der Waals surface area contributed by atoms with Crippen molar-refractivity contribution in [2.24, 2.45) is 0 Å². The zero-order valence-corrected chi connectivity index (χ0v) is 14.2. The zero-order valence-electron chi connectivity index (χ0n) is 14.2. The van der Waals surface area contributed by atoms with Crippen molar-refractivity contribution in [3.8, 4) is 11.5 Å². The van der Waals surface area contributed by atoms with Crippen molar-refractivity contribution < 1.29 is 19.1 Å². The Morgan fingerprint density at radius 3 is 2.56 bits per heavy atom. The fraction of sp³-hybridized carbons (Fsp3) is 0.158. The number of amides is 1. The molecule has 1 atom stereocenters. The lowest BCUT2D eigenvalue weighted by Gasteiger charge is -2.15. The van der Waals surface area contributed by atoms with Crippen LogP contribution in [-0.2, 0) is 22.6 Å².